The van der Waals surface area contributed by atoms with Crippen LogP contribution in [0.25, 0.3) is 0 Å². The molecule has 4 nitrogen and oxygen atoms in total. The highest BCUT2D eigenvalue weighted by atomic mass is 15.2. The average molecular weight is 329 g/mol. The highest BCUT2D eigenvalue weighted by Crippen LogP contribution is 2.47. The van der Waals surface area contributed by atoms with Crippen LogP contribution in [0.5, 0.6) is 0 Å². The third-order valence-corrected chi connectivity index (χ3v) is 5.45. The van der Waals surface area contributed by atoms with Gasteiger partial charge < -0.3 is 15.5 Å². The highest BCUT2D eigenvalue weighted by Gasteiger charge is 2.43. The Bertz CT molecular complexity index is 516. The van der Waals surface area contributed by atoms with Crippen molar-refractivity contribution in [3.8, 4) is 0 Å². The quantitative estimate of drug-likeness (QED) is 0.438. The lowest BCUT2D eigenvalue weighted by Crippen LogP contribution is -2.41. The number of guanidine groups is 1. The number of unbranched alkanes of at least 4 members (excludes halogenated alkanes) is 1. The Hall–Kier alpha value is -1.55. The fraction of sp³-hybridized carbons (Fsp3) is 0.650. The van der Waals surface area contributed by atoms with Crippen LogP contribution >= 0.6 is 0 Å². The molecule has 1 saturated heterocycles. The van der Waals surface area contributed by atoms with Gasteiger partial charge in [0.25, 0.3) is 0 Å². The van der Waals surface area contributed by atoms with Gasteiger partial charge in [-0.3, -0.25) is 4.99 Å². The summed E-state index contributed by atoms with van der Waals surface area (Å²) < 4.78 is 0. The topological polar surface area (TPSA) is 39.7 Å². The molecule has 24 heavy (non-hydrogen) atoms. The zero-order chi connectivity index (χ0) is 16.7. The Balaban J connectivity index is 1.33. The van der Waals surface area contributed by atoms with Gasteiger partial charge in [0, 0.05) is 25.6 Å². The van der Waals surface area contributed by atoms with Crippen molar-refractivity contribution in [2.75, 3.05) is 39.8 Å². The highest BCUT2D eigenvalue weighted by molar-refractivity contribution is 5.79. The third kappa shape index (κ3) is 4.73. The molecule has 1 aromatic carbocycles. The van der Waals surface area contributed by atoms with Crippen LogP contribution in [0, 0.1) is 0 Å². The number of aliphatic imine (C=N–C) groups is 1. The summed E-state index contributed by atoms with van der Waals surface area (Å²) in [4.78, 5) is 6.96. The van der Waals surface area contributed by atoms with Gasteiger partial charge in [0.15, 0.2) is 5.96 Å². The first kappa shape index (κ1) is 17.3. The molecule has 0 radical (unpaired) electrons. The predicted molar refractivity (Wildman–Crippen MR) is 102 cm³/mol. The Kier molecular flexibility index (Phi) is 6.13. The fourth-order valence-electron chi connectivity index (χ4n) is 3.66. The van der Waals surface area contributed by atoms with Crippen LogP contribution in [0.3, 0.4) is 0 Å². The molecule has 1 aliphatic carbocycles. The summed E-state index contributed by atoms with van der Waals surface area (Å²) in [6.45, 7) is 5.84. The maximum Gasteiger partial charge on any atom is 0.191 e. The monoisotopic (exact) mass is 328 g/mol. The molecular weight excluding hydrogens is 296 g/mol. The number of hydrogen-bond donors (Lipinski definition) is 2. The summed E-state index contributed by atoms with van der Waals surface area (Å²) in [7, 11) is 1.86. The van der Waals surface area contributed by atoms with Crippen molar-refractivity contribution in [3.63, 3.8) is 0 Å². The van der Waals surface area contributed by atoms with Crippen molar-refractivity contribution in [1.82, 2.24) is 15.5 Å². The molecular formula is C20H32N4. The van der Waals surface area contributed by atoms with E-state index < -0.39 is 0 Å². The molecule has 0 amide bonds. The van der Waals surface area contributed by atoms with Gasteiger partial charge in [0.05, 0.1) is 0 Å². The van der Waals surface area contributed by atoms with Crippen LogP contribution in [0.1, 0.15) is 44.1 Å². The molecule has 1 aliphatic heterocycles. The van der Waals surface area contributed by atoms with Crippen molar-refractivity contribution in [2.24, 2.45) is 4.99 Å². The van der Waals surface area contributed by atoms with Crippen LogP contribution in [-0.2, 0) is 5.41 Å². The second-order valence-corrected chi connectivity index (χ2v) is 7.25. The van der Waals surface area contributed by atoms with Crippen molar-refractivity contribution >= 4 is 5.96 Å². The van der Waals surface area contributed by atoms with E-state index in [4.69, 9.17) is 0 Å². The zero-order valence-corrected chi connectivity index (χ0v) is 15.1. The summed E-state index contributed by atoms with van der Waals surface area (Å²) in [6.07, 6.45) is 7.81. The second kappa shape index (κ2) is 8.52. The molecule has 2 N–H and O–H groups in total. The third-order valence-electron chi connectivity index (χ3n) is 5.45. The minimum absolute atomic E-state index is 0.328. The summed E-state index contributed by atoms with van der Waals surface area (Å²) >= 11 is 0. The number of nitrogens with one attached hydrogen (secondary N) is 2. The van der Waals surface area contributed by atoms with E-state index >= 15 is 0 Å². The molecule has 0 spiro atoms. The number of hydrogen-bond acceptors (Lipinski definition) is 2. The summed E-state index contributed by atoms with van der Waals surface area (Å²) in [5.74, 6) is 0.943. The average Bonchev–Trinajstić information content (AvgIpc) is 3.24. The van der Waals surface area contributed by atoms with E-state index in [0.29, 0.717) is 5.41 Å². The van der Waals surface area contributed by atoms with E-state index in [0.717, 1.165) is 19.0 Å². The van der Waals surface area contributed by atoms with Crippen molar-refractivity contribution in [1.29, 1.82) is 0 Å². The molecule has 0 atom stereocenters. The molecule has 1 saturated carbocycles. The molecule has 2 fully saturated rings. The van der Waals surface area contributed by atoms with Gasteiger partial charge in [-0.1, -0.05) is 30.3 Å². The molecule has 4 heteroatoms. The van der Waals surface area contributed by atoms with Gasteiger partial charge in [-0.15, -0.1) is 0 Å². The Morgan fingerprint density at radius 1 is 1.08 bits per heavy atom. The minimum atomic E-state index is 0.328. The number of nitrogens with zero attached hydrogens (tertiary/aromatic N) is 2. The largest absolute Gasteiger partial charge is 0.356 e. The normalized spacial score (nSPS) is 20.1. The van der Waals surface area contributed by atoms with Gasteiger partial charge in [-0.25, -0.2) is 0 Å². The Labute approximate surface area is 146 Å². The first-order valence-electron chi connectivity index (χ1n) is 9.55. The molecule has 1 heterocycles. The standard InChI is InChI=1S/C20H32N4/c1-21-19(22-13-5-6-14-24-15-7-8-16-24)23-17-20(11-12-20)18-9-3-2-4-10-18/h2-4,9-10H,5-8,11-17H2,1H3,(H2,21,22,23). The van der Waals surface area contributed by atoms with Crippen molar-refractivity contribution in [2.45, 2.75) is 43.9 Å². The van der Waals surface area contributed by atoms with Crippen LogP contribution < -0.4 is 10.6 Å². The maximum absolute atomic E-state index is 4.37. The first-order chi connectivity index (χ1) is 11.8. The molecule has 2 aliphatic rings. The van der Waals surface area contributed by atoms with Gasteiger partial charge >= 0.3 is 0 Å². The van der Waals surface area contributed by atoms with Crippen LogP contribution in [0.4, 0.5) is 0 Å². The zero-order valence-electron chi connectivity index (χ0n) is 15.1. The smallest absolute Gasteiger partial charge is 0.191 e. The van der Waals surface area contributed by atoms with Crippen molar-refractivity contribution < 1.29 is 0 Å². The van der Waals surface area contributed by atoms with Crippen LogP contribution in [0.2, 0.25) is 0 Å². The van der Waals surface area contributed by atoms with E-state index in [1.807, 2.05) is 7.05 Å². The van der Waals surface area contributed by atoms with Gasteiger partial charge in [-0.05, 0) is 63.7 Å². The molecule has 1 aromatic rings. The van der Waals surface area contributed by atoms with E-state index in [-0.39, 0.29) is 0 Å². The lowest BCUT2D eigenvalue weighted by atomic mass is 9.96. The Morgan fingerprint density at radius 2 is 1.83 bits per heavy atom. The molecule has 0 unspecified atom stereocenters. The van der Waals surface area contributed by atoms with Crippen molar-refractivity contribution in [3.05, 3.63) is 35.9 Å². The number of likely N-dealkylation sites (tertiary alicyclic amines) is 1. The predicted octanol–water partition coefficient (Wildman–Crippen LogP) is 2.76. The molecule has 132 valence electrons. The first-order valence-corrected chi connectivity index (χ1v) is 9.55. The Morgan fingerprint density at radius 3 is 2.50 bits per heavy atom. The summed E-state index contributed by atoms with van der Waals surface area (Å²) in [6, 6.07) is 10.9. The number of benzene rings is 1. The van der Waals surface area contributed by atoms with E-state index in [9.17, 15) is 0 Å². The molecule has 0 aromatic heterocycles. The summed E-state index contributed by atoms with van der Waals surface area (Å²) in [5, 5.41) is 7.00. The minimum Gasteiger partial charge on any atom is -0.356 e. The van der Waals surface area contributed by atoms with Gasteiger partial charge in [-0.2, -0.15) is 0 Å². The van der Waals surface area contributed by atoms with Gasteiger partial charge in [0.2, 0.25) is 0 Å². The SMILES string of the molecule is CN=C(NCCCCN1CCCC1)NCC1(c2ccccc2)CC1. The lowest BCUT2D eigenvalue weighted by Gasteiger charge is -2.19. The van der Waals surface area contributed by atoms with Gasteiger partial charge in [0.1, 0.15) is 0 Å². The molecule has 3 rings (SSSR count). The second-order valence-electron chi connectivity index (χ2n) is 7.25. The van der Waals surface area contributed by atoms with E-state index in [2.05, 4.69) is 50.9 Å². The maximum atomic E-state index is 4.37. The van der Waals surface area contributed by atoms with Crippen LogP contribution in [0.15, 0.2) is 35.3 Å². The number of rotatable bonds is 8. The molecule has 0 bridgehead atoms. The summed E-state index contributed by atoms with van der Waals surface area (Å²) in [5.41, 5.74) is 1.79. The lowest BCUT2D eigenvalue weighted by molar-refractivity contribution is 0.330. The van der Waals surface area contributed by atoms with Crippen LogP contribution in [-0.4, -0.2) is 50.6 Å². The van der Waals surface area contributed by atoms with E-state index in [1.165, 1.54) is 63.7 Å². The van der Waals surface area contributed by atoms with E-state index in [1.54, 1.807) is 0 Å². The fourth-order valence-corrected chi connectivity index (χ4v) is 3.66.